The van der Waals surface area contributed by atoms with Crippen LogP contribution in [0.4, 0.5) is 0 Å². The molecule has 1 saturated heterocycles. The summed E-state index contributed by atoms with van der Waals surface area (Å²) in [6, 6.07) is 0. The molecule has 0 atom stereocenters. The van der Waals surface area contributed by atoms with Gasteiger partial charge in [-0.1, -0.05) is 54.9 Å². The molecule has 1 aliphatic rings. The van der Waals surface area contributed by atoms with Gasteiger partial charge in [0.2, 0.25) is 6.29 Å². The fourth-order valence-electron chi connectivity index (χ4n) is 3.29. The summed E-state index contributed by atoms with van der Waals surface area (Å²) in [7, 11) is 0. The van der Waals surface area contributed by atoms with Crippen molar-refractivity contribution in [3.05, 3.63) is 0 Å². The average molecular weight is 214 g/mol. The van der Waals surface area contributed by atoms with Gasteiger partial charge in [0.1, 0.15) is 0 Å². The number of hydrogen-bond donors (Lipinski definition) is 0. The highest BCUT2D eigenvalue weighted by molar-refractivity contribution is 5.01. The normalized spacial score (nSPS) is 19.4. The lowest BCUT2D eigenvalue weighted by molar-refractivity contribution is -0.0681. The van der Waals surface area contributed by atoms with Crippen molar-refractivity contribution in [2.24, 2.45) is 16.2 Å². The van der Waals surface area contributed by atoms with Gasteiger partial charge in [0.25, 0.3) is 0 Å². The monoisotopic (exact) mass is 214 g/mol. The molecule has 1 heterocycles. The summed E-state index contributed by atoms with van der Waals surface area (Å²) in [6.07, 6.45) is 2.29. The molecule has 0 aromatic carbocycles. The summed E-state index contributed by atoms with van der Waals surface area (Å²) >= 11 is 0. The van der Waals surface area contributed by atoms with Crippen molar-refractivity contribution in [1.29, 1.82) is 0 Å². The molecule has 0 aromatic rings. The lowest BCUT2D eigenvalue weighted by atomic mass is 9.52. The van der Waals surface area contributed by atoms with E-state index in [1.54, 1.807) is 0 Å². The second kappa shape index (κ2) is 3.74. The largest absolute Gasteiger partial charge is 0.231 e. The highest BCUT2D eigenvalue weighted by atomic mass is 17.4. The summed E-state index contributed by atoms with van der Waals surface area (Å²) < 4.78 is 0. The molecule has 15 heavy (non-hydrogen) atoms. The van der Waals surface area contributed by atoms with Crippen LogP contribution in [-0.4, -0.2) is 6.29 Å². The first-order chi connectivity index (χ1) is 6.67. The molecular formula is C13H26O2. The van der Waals surface area contributed by atoms with Gasteiger partial charge in [-0.05, 0) is 17.3 Å². The van der Waals surface area contributed by atoms with Gasteiger partial charge < -0.3 is 0 Å². The highest BCUT2D eigenvalue weighted by Crippen LogP contribution is 2.60. The Morgan fingerprint density at radius 2 is 1.27 bits per heavy atom. The standard InChI is InChI=1S/C13H26O2/c1-8-9-13(10-14-15-10,11(2,3)4)12(5,6)7/h10H,8-9H2,1-7H3. The molecule has 0 aromatic heterocycles. The molecule has 0 N–H and O–H groups in total. The van der Waals surface area contributed by atoms with E-state index in [0.29, 0.717) is 0 Å². The topological polar surface area (TPSA) is 25.1 Å². The van der Waals surface area contributed by atoms with Crippen LogP contribution in [0.15, 0.2) is 0 Å². The predicted octanol–water partition coefficient (Wildman–Crippen LogP) is 4.15. The van der Waals surface area contributed by atoms with Crippen LogP contribution in [0.1, 0.15) is 61.3 Å². The third-order valence-corrected chi connectivity index (χ3v) is 3.92. The third-order valence-electron chi connectivity index (χ3n) is 3.92. The Labute approximate surface area is 94.3 Å². The summed E-state index contributed by atoms with van der Waals surface area (Å²) in [5, 5.41) is 0. The van der Waals surface area contributed by atoms with Crippen molar-refractivity contribution in [2.45, 2.75) is 67.6 Å². The molecular weight excluding hydrogens is 188 g/mol. The minimum atomic E-state index is -0.0163. The summed E-state index contributed by atoms with van der Waals surface area (Å²) in [4.78, 5) is 10.4. The van der Waals surface area contributed by atoms with E-state index in [1.165, 1.54) is 0 Å². The molecule has 2 heteroatoms. The predicted molar refractivity (Wildman–Crippen MR) is 62.2 cm³/mol. The van der Waals surface area contributed by atoms with E-state index < -0.39 is 0 Å². The van der Waals surface area contributed by atoms with E-state index in [2.05, 4.69) is 48.5 Å². The molecule has 2 nitrogen and oxygen atoms in total. The molecule has 0 amide bonds. The van der Waals surface area contributed by atoms with Gasteiger partial charge in [0.15, 0.2) is 0 Å². The minimum Gasteiger partial charge on any atom is -0.198 e. The van der Waals surface area contributed by atoms with Crippen molar-refractivity contribution < 1.29 is 9.78 Å². The quantitative estimate of drug-likeness (QED) is 0.521. The molecule has 0 aliphatic carbocycles. The second-order valence-electron chi connectivity index (χ2n) is 6.75. The van der Waals surface area contributed by atoms with E-state index >= 15 is 0 Å². The first-order valence-corrected chi connectivity index (χ1v) is 5.99. The fraction of sp³-hybridized carbons (Fsp3) is 1.00. The molecule has 0 bridgehead atoms. The van der Waals surface area contributed by atoms with Gasteiger partial charge in [-0.3, -0.25) is 0 Å². The van der Waals surface area contributed by atoms with E-state index in [0.717, 1.165) is 12.8 Å². The van der Waals surface area contributed by atoms with Gasteiger partial charge in [0, 0.05) is 5.41 Å². The van der Waals surface area contributed by atoms with Crippen LogP contribution < -0.4 is 0 Å². The number of hydrogen-bond acceptors (Lipinski definition) is 2. The van der Waals surface area contributed by atoms with Crippen LogP contribution in [-0.2, 0) is 9.78 Å². The van der Waals surface area contributed by atoms with Gasteiger partial charge in [-0.2, -0.15) is 9.78 Å². The Hall–Kier alpha value is -0.0800. The Kier molecular flexibility index (Phi) is 3.24. The van der Waals surface area contributed by atoms with Crippen LogP contribution in [0.3, 0.4) is 0 Å². The van der Waals surface area contributed by atoms with Gasteiger partial charge >= 0.3 is 0 Å². The zero-order valence-electron chi connectivity index (χ0n) is 11.3. The maximum atomic E-state index is 5.18. The average Bonchev–Trinajstić information content (AvgIpc) is 2.77. The molecule has 0 radical (unpaired) electrons. The summed E-state index contributed by atoms with van der Waals surface area (Å²) in [5.74, 6) is 0. The van der Waals surface area contributed by atoms with Gasteiger partial charge in [-0.25, -0.2) is 0 Å². The lowest BCUT2D eigenvalue weighted by Crippen LogP contribution is -2.50. The lowest BCUT2D eigenvalue weighted by Gasteiger charge is -2.51. The summed E-state index contributed by atoms with van der Waals surface area (Å²) in [5.41, 5.74) is 0.458. The van der Waals surface area contributed by atoms with Crippen molar-refractivity contribution >= 4 is 0 Å². The SMILES string of the molecule is CCCC(C1OO1)(C(C)(C)C)C(C)(C)C. The van der Waals surface area contributed by atoms with Crippen molar-refractivity contribution in [1.82, 2.24) is 0 Å². The molecule has 0 spiro atoms. The maximum Gasteiger partial charge on any atom is 0.231 e. The molecule has 1 aliphatic heterocycles. The Bertz CT molecular complexity index is 202. The smallest absolute Gasteiger partial charge is 0.198 e. The van der Waals surface area contributed by atoms with Gasteiger partial charge in [-0.15, -0.1) is 0 Å². The van der Waals surface area contributed by atoms with E-state index in [4.69, 9.17) is 9.78 Å². The van der Waals surface area contributed by atoms with Crippen LogP contribution in [0.25, 0.3) is 0 Å². The van der Waals surface area contributed by atoms with Crippen LogP contribution in [0.2, 0.25) is 0 Å². The second-order valence-corrected chi connectivity index (χ2v) is 6.75. The molecule has 90 valence electrons. The minimum absolute atomic E-state index is 0.0163. The zero-order valence-corrected chi connectivity index (χ0v) is 11.3. The van der Waals surface area contributed by atoms with Crippen LogP contribution in [0.5, 0.6) is 0 Å². The van der Waals surface area contributed by atoms with Gasteiger partial charge in [0.05, 0.1) is 0 Å². The zero-order chi connectivity index (χ0) is 11.9. The molecule has 0 unspecified atom stereocenters. The molecule has 1 rings (SSSR count). The van der Waals surface area contributed by atoms with E-state index in [1.807, 2.05) is 0 Å². The number of rotatable bonds is 3. The van der Waals surface area contributed by atoms with Crippen molar-refractivity contribution in [3.8, 4) is 0 Å². The Balaban J connectivity index is 3.11. The third kappa shape index (κ3) is 2.07. The maximum absolute atomic E-state index is 5.18. The van der Waals surface area contributed by atoms with Crippen molar-refractivity contribution in [2.75, 3.05) is 0 Å². The molecule has 0 saturated carbocycles. The van der Waals surface area contributed by atoms with Crippen molar-refractivity contribution in [3.63, 3.8) is 0 Å². The Morgan fingerprint density at radius 1 is 0.867 bits per heavy atom. The first kappa shape index (κ1) is 13.0. The van der Waals surface area contributed by atoms with Crippen LogP contribution >= 0.6 is 0 Å². The molecule has 1 fully saturated rings. The van der Waals surface area contributed by atoms with E-state index in [-0.39, 0.29) is 22.5 Å². The summed E-state index contributed by atoms with van der Waals surface area (Å²) in [6.45, 7) is 16.0. The first-order valence-electron chi connectivity index (χ1n) is 5.99. The fourth-order valence-corrected chi connectivity index (χ4v) is 3.29. The van der Waals surface area contributed by atoms with Crippen LogP contribution in [0, 0.1) is 16.2 Å². The van der Waals surface area contributed by atoms with E-state index in [9.17, 15) is 0 Å². The Morgan fingerprint density at radius 3 is 1.47 bits per heavy atom. The highest BCUT2D eigenvalue weighted by Gasteiger charge is 2.61.